The molecule has 5 heteroatoms. The molecule has 2 rings (SSSR count). The van der Waals surface area contributed by atoms with Crippen molar-refractivity contribution >= 4 is 6.09 Å². The Morgan fingerprint density at radius 3 is 2.71 bits per heavy atom. The average Bonchev–Trinajstić information content (AvgIpc) is 2.95. The van der Waals surface area contributed by atoms with E-state index in [1.807, 2.05) is 30.0 Å². The molecule has 1 aromatic rings. The summed E-state index contributed by atoms with van der Waals surface area (Å²) in [5, 5.41) is 0. The molecule has 1 aromatic carbocycles. The average molecular weight is 293 g/mol. The van der Waals surface area contributed by atoms with E-state index in [1.54, 1.807) is 14.2 Å². The van der Waals surface area contributed by atoms with Crippen molar-refractivity contribution in [1.29, 1.82) is 0 Å². The van der Waals surface area contributed by atoms with Crippen LogP contribution in [0.3, 0.4) is 0 Å². The number of benzene rings is 1. The van der Waals surface area contributed by atoms with Crippen molar-refractivity contribution in [1.82, 2.24) is 4.90 Å². The molecule has 0 spiro atoms. The van der Waals surface area contributed by atoms with E-state index in [9.17, 15) is 4.79 Å². The summed E-state index contributed by atoms with van der Waals surface area (Å²) in [6, 6.07) is 6.09. The maximum Gasteiger partial charge on any atom is 0.410 e. The van der Waals surface area contributed by atoms with Crippen LogP contribution in [0.1, 0.15) is 25.3 Å². The van der Waals surface area contributed by atoms with Crippen LogP contribution in [0.25, 0.3) is 0 Å². The van der Waals surface area contributed by atoms with Crippen LogP contribution in [0.2, 0.25) is 0 Å². The van der Waals surface area contributed by atoms with Crippen LogP contribution in [0.5, 0.6) is 11.5 Å². The van der Waals surface area contributed by atoms with Crippen LogP contribution in [0, 0.1) is 0 Å². The first kappa shape index (κ1) is 15.5. The van der Waals surface area contributed by atoms with E-state index in [4.69, 9.17) is 14.2 Å². The van der Waals surface area contributed by atoms with Gasteiger partial charge >= 0.3 is 6.09 Å². The second kappa shape index (κ2) is 7.20. The standard InChI is InChI=1S/C16H23NO4/c1-4-21-16(18)17-9-5-6-13(17)10-12-7-8-14(19-2)15(11-12)20-3/h7-8,11,13H,4-6,9-10H2,1-3H3/t13-/m0/s1. The molecule has 1 heterocycles. The highest BCUT2D eigenvalue weighted by Crippen LogP contribution is 2.30. The zero-order valence-electron chi connectivity index (χ0n) is 12.9. The summed E-state index contributed by atoms with van der Waals surface area (Å²) in [6.45, 7) is 3.02. The van der Waals surface area contributed by atoms with E-state index < -0.39 is 0 Å². The summed E-state index contributed by atoms with van der Waals surface area (Å²) >= 11 is 0. The maximum atomic E-state index is 11.9. The number of rotatable bonds is 5. The molecular weight excluding hydrogens is 270 g/mol. The number of hydrogen-bond donors (Lipinski definition) is 0. The SMILES string of the molecule is CCOC(=O)N1CCC[C@H]1Cc1ccc(OC)c(OC)c1. The van der Waals surface area contributed by atoms with Crippen molar-refractivity contribution in [3.8, 4) is 11.5 Å². The zero-order chi connectivity index (χ0) is 15.2. The lowest BCUT2D eigenvalue weighted by molar-refractivity contribution is 0.103. The predicted octanol–water partition coefficient (Wildman–Crippen LogP) is 2.87. The monoisotopic (exact) mass is 293 g/mol. The second-order valence-corrected chi connectivity index (χ2v) is 5.08. The topological polar surface area (TPSA) is 48.0 Å². The van der Waals surface area contributed by atoms with Crippen molar-refractivity contribution in [2.75, 3.05) is 27.4 Å². The third-order valence-corrected chi connectivity index (χ3v) is 3.80. The summed E-state index contributed by atoms with van der Waals surface area (Å²) in [5.74, 6) is 1.44. The van der Waals surface area contributed by atoms with Crippen LogP contribution in [0.4, 0.5) is 4.79 Å². The Morgan fingerprint density at radius 2 is 2.05 bits per heavy atom. The highest BCUT2D eigenvalue weighted by atomic mass is 16.6. The van der Waals surface area contributed by atoms with Gasteiger partial charge < -0.3 is 19.1 Å². The minimum absolute atomic E-state index is 0.196. The normalized spacial score (nSPS) is 17.7. The Kier molecular flexibility index (Phi) is 5.31. The van der Waals surface area contributed by atoms with Gasteiger partial charge in [0.05, 0.1) is 20.8 Å². The van der Waals surface area contributed by atoms with Gasteiger partial charge in [-0.2, -0.15) is 0 Å². The quantitative estimate of drug-likeness (QED) is 0.837. The number of carbonyl (C=O) groups excluding carboxylic acids is 1. The van der Waals surface area contributed by atoms with Crippen molar-refractivity contribution in [2.45, 2.75) is 32.2 Å². The van der Waals surface area contributed by atoms with E-state index in [0.29, 0.717) is 6.61 Å². The summed E-state index contributed by atoms with van der Waals surface area (Å²) in [4.78, 5) is 13.8. The first-order valence-electron chi connectivity index (χ1n) is 7.33. The smallest absolute Gasteiger partial charge is 0.410 e. The lowest BCUT2D eigenvalue weighted by Gasteiger charge is -2.24. The number of likely N-dealkylation sites (tertiary alicyclic amines) is 1. The first-order valence-corrected chi connectivity index (χ1v) is 7.33. The Balaban J connectivity index is 2.08. The third kappa shape index (κ3) is 3.60. The van der Waals surface area contributed by atoms with E-state index in [2.05, 4.69) is 0 Å². The molecule has 0 aromatic heterocycles. The number of ether oxygens (including phenoxy) is 3. The van der Waals surface area contributed by atoms with Gasteiger partial charge in [0.1, 0.15) is 0 Å². The van der Waals surface area contributed by atoms with Crippen molar-refractivity contribution in [3.05, 3.63) is 23.8 Å². The molecular formula is C16H23NO4. The van der Waals surface area contributed by atoms with Gasteiger partial charge in [-0.15, -0.1) is 0 Å². The summed E-state index contributed by atoms with van der Waals surface area (Å²) < 4.78 is 15.7. The van der Waals surface area contributed by atoms with Crippen LogP contribution in [-0.4, -0.2) is 44.4 Å². The molecule has 0 N–H and O–H groups in total. The lowest BCUT2D eigenvalue weighted by atomic mass is 10.0. The summed E-state index contributed by atoms with van der Waals surface area (Å²) in [7, 11) is 3.25. The lowest BCUT2D eigenvalue weighted by Crippen LogP contribution is -2.37. The highest BCUT2D eigenvalue weighted by molar-refractivity contribution is 5.68. The van der Waals surface area contributed by atoms with Gasteiger partial charge in [-0.25, -0.2) is 4.79 Å². The summed E-state index contributed by atoms with van der Waals surface area (Å²) in [5.41, 5.74) is 1.13. The van der Waals surface area contributed by atoms with Gasteiger partial charge in [-0.05, 0) is 43.9 Å². The first-order chi connectivity index (χ1) is 10.2. The van der Waals surface area contributed by atoms with Gasteiger partial charge in [0.15, 0.2) is 11.5 Å². The molecule has 0 radical (unpaired) electrons. The molecule has 1 aliphatic heterocycles. The fourth-order valence-corrected chi connectivity index (χ4v) is 2.77. The molecule has 0 unspecified atom stereocenters. The fourth-order valence-electron chi connectivity index (χ4n) is 2.77. The van der Waals surface area contributed by atoms with Crippen LogP contribution < -0.4 is 9.47 Å². The minimum Gasteiger partial charge on any atom is -0.493 e. The van der Waals surface area contributed by atoms with E-state index in [-0.39, 0.29) is 12.1 Å². The molecule has 0 bridgehead atoms. The van der Waals surface area contributed by atoms with Gasteiger partial charge in [-0.3, -0.25) is 0 Å². The molecule has 1 atom stereocenters. The molecule has 1 fully saturated rings. The summed E-state index contributed by atoms with van der Waals surface area (Å²) in [6.07, 6.45) is 2.63. The molecule has 5 nitrogen and oxygen atoms in total. The molecule has 0 saturated carbocycles. The minimum atomic E-state index is -0.208. The van der Waals surface area contributed by atoms with Gasteiger partial charge in [0.25, 0.3) is 0 Å². The number of carbonyl (C=O) groups is 1. The highest BCUT2D eigenvalue weighted by Gasteiger charge is 2.29. The number of nitrogens with zero attached hydrogens (tertiary/aromatic N) is 1. The molecule has 0 aliphatic carbocycles. The molecule has 21 heavy (non-hydrogen) atoms. The van der Waals surface area contributed by atoms with Gasteiger partial charge in [0, 0.05) is 12.6 Å². The van der Waals surface area contributed by atoms with Crippen LogP contribution >= 0.6 is 0 Å². The third-order valence-electron chi connectivity index (χ3n) is 3.80. The number of methoxy groups -OCH3 is 2. The molecule has 1 saturated heterocycles. The number of hydrogen-bond acceptors (Lipinski definition) is 4. The Morgan fingerprint density at radius 1 is 1.29 bits per heavy atom. The van der Waals surface area contributed by atoms with Gasteiger partial charge in [-0.1, -0.05) is 6.07 Å². The Bertz CT molecular complexity index is 489. The van der Waals surface area contributed by atoms with E-state index in [1.165, 1.54) is 0 Å². The molecule has 1 aliphatic rings. The van der Waals surface area contributed by atoms with Crippen molar-refractivity contribution < 1.29 is 19.0 Å². The van der Waals surface area contributed by atoms with E-state index in [0.717, 1.165) is 42.9 Å². The van der Waals surface area contributed by atoms with Gasteiger partial charge in [0.2, 0.25) is 0 Å². The molecule has 1 amide bonds. The second-order valence-electron chi connectivity index (χ2n) is 5.08. The van der Waals surface area contributed by atoms with Crippen molar-refractivity contribution in [2.24, 2.45) is 0 Å². The molecule has 116 valence electrons. The Labute approximate surface area is 125 Å². The fraction of sp³-hybridized carbons (Fsp3) is 0.562. The van der Waals surface area contributed by atoms with Crippen LogP contribution in [0.15, 0.2) is 18.2 Å². The van der Waals surface area contributed by atoms with E-state index >= 15 is 0 Å². The van der Waals surface area contributed by atoms with Crippen LogP contribution in [-0.2, 0) is 11.2 Å². The van der Waals surface area contributed by atoms with Crippen molar-refractivity contribution in [3.63, 3.8) is 0 Å². The Hall–Kier alpha value is -1.91. The largest absolute Gasteiger partial charge is 0.493 e. The maximum absolute atomic E-state index is 11.9. The zero-order valence-corrected chi connectivity index (χ0v) is 12.9. The number of amides is 1. The predicted molar refractivity (Wildman–Crippen MR) is 80.0 cm³/mol.